The summed E-state index contributed by atoms with van der Waals surface area (Å²) < 4.78 is 36.4. The topological polar surface area (TPSA) is 90.0 Å². The van der Waals surface area contributed by atoms with E-state index in [4.69, 9.17) is 20.5 Å². The molecule has 0 aromatic heterocycles. The molecule has 0 N–H and O–H groups in total. The van der Waals surface area contributed by atoms with Gasteiger partial charge in [0.2, 0.25) is 0 Å². The van der Waals surface area contributed by atoms with Gasteiger partial charge in [0, 0.05) is 10.6 Å². The Morgan fingerprint density at radius 2 is 1.68 bits per heavy atom. The van der Waals surface area contributed by atoms with Crippen molar-refractivity contribution in [2.24, 2.45) is 0 Å². The van der Waals surface area contributed by atoms with Crippen LogP contribution in [0.1, 0.15) is 11.1 Å². The average Bonchev–Trinajstić information content (AvgIpc) is 3.08. The second-order valence-electron chi connectivity index (χ2n) is 7.12. The summed E-state index contributed by atoms with van der Waals surface area (Å²) in [5.74, 6) is -0.433. The molecule has 0 aliphatic carbocycles. The van der Waals surface area contributed by atoms with E-state index in [1.165, 1.54) is 43.5 Å². The van der Waals surface area contributed by atoms with Crippen LogP contribution in [0.25, 0.3) is 6.08 Å². The van der Waals surface area contributed by atoms with Gasteiger partial charge in [0.05, 0.1) is 18.6 Å². The first-order valence-electron chi connectivity index (χ1n) is 9.95. The molecule has 0 saturated carbocycles. The van der Waals surface area contributed by atoms with Gasteiger partial charge in [-0.2, -0.15) is 8.42 Å². The Labute approximate surface area is 206 Å². The van der Waals surface area contributed by atoms with Crippen LogP contribution in [0.2, 0.25) is 5.02 Å². The number of benzene rings is 3. The van der Waals surface area contributed by atoms with E-state index in [1.807, 2.05) is 30.3 Å². The predicted octanol–water partition coefficient (Wildman–Crippen LogP) is 5.35. The fraction of sp³-hybridized carbons (Fsp3) is 0.0833. The quantitative estimate of drug-likeness (QED) is 0.309. The van der Waals surface area contributed by atoms with Gasteiger partial charge in [-0.3, -0.25) is 14.5 Å². The highest BCUT2D eigenvalue weighted by Crippen LogP contribution is 2.39. The van der Waals surface area contributed by atoms with E-state index in [1.54, 1.807) is 12.1 Å². The van der Waals surface area contributed by atoms with E-state index in [-0.39, 0.29) is 33.4 Å². The predicted molar refractivity (Wildman–Crippen MR) is 130 cm³/mol. The lowest BCUT2D eigenvalue weighted by molar-refractivity contribution is -0.123. The van der Waals surface area contributed by atoms with Gasteiger partial charge in [0.15, 0.2) is 11.5 Å². The van der Waals surface area contributed by atoms with E-state index >= 15 is 0 Å². The summed E-state index contributed by atoms with van der Waals surface area (Å²) in [4.78, 5) is 26.6. The van der Waals surface area contributed by atoms with Crippen molar-refractivity contribution in [2.45, 2.75) is 11.4 Å². The summed E-state index contributed by atoms with van der Waals surface area (Å²) in [7, 11) is -2.86. The Kier molecular flexibility index (Phi) is 6.97. The first kappa shape index (κ1) is 23.9. The van der Waals surface area contributed by atoms with Gasteiger partial charge in [-0.25, -0.2) is 0 Å². The van der Waals surface area contributed by atoms with Gasteiger partial charge < -0.3 is 8.92 Å². The van der Waals surface area contributed by atoms with E-state index in [2.05, 4.69) is 0 Å². The Hall–Kier alpha value is -3.27. The molecule has 3 aromatic carbocycles. The standard InChI is InChI=1S/C24H18ClNO6S2/c1-31-20-9-5-8-17(22(20)32-34(29,30)19-12-10-18(25)11-13-19)14-21-23(27)26(24(28)33-21)15-16-6-3-2-4-7-16/h2-14H,15H2,1H3/b21-14-. The number of halogens is 1. The number of para-hydroxylation sites is 1. The number of carbonyl (C=O) groups excluding carboxylic acids is 2. The largest absolute Gasteiger partial charge is 0.493 e. The molecule has 1 heterocycles. The monoisotopic (exact) mass is 515 g/mol. The van der Waals surface area contributed by atoms with Crippen LogP contribution in [-0.4, -0.2) is 31.6 Å². The summed E-state index contributed by atoms with van der Waals surface area (Å²) in [5, 5.41) is -0.0394. The zero-order valence-electron chi connectivity index (χ0n) is 17.8. The van der Waals surface area contributed by atoms with Crippen molar-refractivity contribution in [3.63, 3.8) is 0 Å². The molecule has 34 heavy (non-hydrogen) atoms. The third-order valence-corrected chi connectivity index (χ3v) is 7.26. The number of methoxy groups -OCH3 is 1. The lowest BCUT2D eigenvalue weighted by Gasteiger charge is -2.14. The highest BCUT2D eigenvalue weighted by Gasteiger charge is 2.35. The van der Waals surface area contributed by atoms with Gasteiger partial charge in [0.25, 0.3) is 11.1 Å². The molecule has 0 bridgehead atoms. The zero-order chi connectivity index (χ0) is 24.3. The lowest BCUT2D eigenvalue weighted by Crippen LogP contribution is -2.27. The molecular weight excluding hydrogens is 498 g/mol. The fourth-order valence-corrected chi connectivity index (χ4v) is 5.12. The first-order chi connectivity index (χ1) is 16.3. The maximum Gasteiger partial charge on any atom is 0.339 e. The summed E-state index contributed by atoms with van der Waals surface area (Å²) >= 11 is 6.62. The van der Waals surface area contributed by atoms with Crippen LogP contribution in [0.15, 0.2) is 82.6 Å². The molecule has 3 aromatic rings. The van der Waals surface area contributed by atoms with Crippen molar-refractivity contribution < 1.29 is 26.9 Å². The van der Waals surface area contributed by atoms with Crippen molar-refractivity contribution in [1.29, 1.82) is 0 Å². The van der Waals surface area contributed by atoms with Crippen molar-refractivity contribution in [2.75, 3.05) is 7.11 Å². The Morgan fingerprint density at radius 1 is 0.971 bits per heavy atom. The first-order valence-corrected chi connectivity index (χ1v) is 12.5. The highest BCUT2D eigenvalue weighted by atomic mass is 35.5. The number of ether oxygens (including phenoxy) is 1. The molecule has 7 nitrogen and oxygen atoms in total. The molecule has 0 atom stereocenters. The SMILES string of the molecule is COc1cccc(/C=C2\SC(=O)N(Cc3ccccc3)C2=O)c1OS(=O)(=O)c1ccc(Cl)cc1. The fourth-order valence-electron chi connectivity index (χ4n) is 3.20. The molecule has 0 unspecified atom stereocenters. The molecule has 1 aliphatic heterocycles. The third-order valence-electron chi connectivity index (χ3n) is 4.87. The molecule has 10 heteroatoms. The lowest BCUT2D eigenvalue weighted by atomic mass is 10.1. The van der Waals surface area contributed by atoms with E-state index < -0.39 is 21.3 Å². The molecule has 1 aliphatic rings. The summed E-state index contributed by atoms with van der Waals surface area (Å²) in [6.45, 7) is 0.134. The molecule has 0 spiro atoms. The zero-order valence-corrected chi connectivity index (χ0v) is 20.2. The molecule has 174 valence electrons. The molecular formula is C24H18ClNO6S2. The number of thioether (sulfide) groups is 1. The van der Waals surface area contributed by atoms with E-state index in [0.29, 0.717) is 5.02 Å². The highest BCUT2D eigenvalue weighted by molar-refractivity contribution is 8.18. The van der Waals surface area contributed by atoms with Crippen LogP contribution in [-0.2, 0) is 21.5 Å². The summed E-state index contributed by atoms with van der Waals surface area (Å²) in [5.41, 5.74) is 1.08. The minimum atomic E-state index is -4.23. The molecule has 1 saturated heterocycles. The minimum absolute atomic E-state index is 0.100. The maximum absolute atomic E-state index is 12.9. The smallest absolute Gasteiger partial charge is 0.339 e. The second-order valence-corrected chi connectivity index (χ2v) is 10.1. The Balaban J connectivity index is 1.67. The minimum Gasteiger partial charge on any atom is -0.493 e. The van der Waals surface area contributed by atoms with Crippen LogP contribution in [0, 0.1) is 0 Å². The number of amides is 2. The third kappa shape index (κ3) is 5.11. The van der Waals surface area contributed by atoms with Crippen molar-refractivity contribution in [3.05, 3.63) is 93.9 Å². The molecule has 4 rings (SSSR count). The number of hydrogen-bond acceptors (Lipinski definition) is 7. The summed E-state index contributed by atoms with van der Waals surface area (Å²) in [6.07, 6.45) is 1.42. The van der Waals surface area contributed by atoms with Crippen molar-refractivity contribution >= 4 is 50.7 Å². The van der Waals surface area contributed by atoms with Crippen LogP contribution in [0.4, 0.5) is 4.79 Å². The van der Waals surface area contributed by atoms with Crippen LogP contribution < -0.4 is 8.92 Å². The van der Waals surface area contributed by atoms with Gasteiger partial charge >= 0.3 is 10.1 Å². The average molecular weight is 516 g/mol. The Bertz CT molecular complexity index is 1370. The molecule has 2 amide bonds. The van der Waals surface area contributed by atoms with Crippen molar-refractivity contribution in [3.8, 4) is 11.5 Å². The van der Waals surface area contributed by atoms with Crippen LogP contribution in [0.5, 0.6) is 11.5 Å². The number of rotatable bonds is 7. The summed E-state index contributed by atoms with van der Waals surface area (Å²) in [6, 6.07) is 19.4. The second kappa shape index (κ2) is 9.92. The van der Waals surface area contributed by atoms with E-state index in [9.17, 15) is 18.0 Å². The van der Waals surface area contributed by atoms with Crippen molar-refractivity contribution in [1.82, 2.24) is 4.90 Å². The molecule has 1 fully saturated rings. The molecule has 0 radical (unpaired) electrons. The van der Waals surface area contributed by atoms with Gasteiger partial charge in [-0.15, -0.1) is 0 Å². The van der Waals surface area contributed by atoms with E-state index in [0.717, 1.165) is 22.2 Å². The number of carbonyl (C=O) groups is 2. The Morgan fingerprint density at radius 3 is 2.35 bits per heavy atom. The number of nitrogens with zero attached hydrogens (tertiary/aromatic N) is 1. The van der Waals surface area contributed by atoms with Crippen LogP contribution >= 0.6 is 23.4 Å². The maximum atomic E-state index is 12.9. The van der Waals surface area contributed by atoms with Crippen LogP contribution in [0.3, 0.4) is 0 Å². The number of hydrogen-bond donors (Lipinski definition) is 0. The number of imide groups is 1. The van der Waals surface area contributed by atoms with Gasteiger partial charge in [-0.05, 0) is 53.7 Å². The normalized spacial score (nSPS) is 15.1. The van der Waals surface area contributed by atoms with Gasteiger partial charge in [0.1, 0.15) is 4.90 Å². The van der Waals surface area contributed by atoms with Gasteiger partial charge in [-0.1, -0.05) is 54.1 Å².